The van der Waals surface area contributed by atoms with Gasteiger partial charge in [-0.15, -0.1) is 0 Å². The number of ether oxygens (including phenoxy) is 1. The number of rotatable bonds is 5. The monoisotopic (exact) mass is 339 g/mol. The molecule has 2 aromatic rings. The molecule has 3 rings (SSSR count). The number of aromatic nitrogens is 1. The van der Waals surface area contributed by atoms with Crippen LogP contribution >= 0.6 is 0 Å². The Hall–Kier alpha value is -2.69. The van der Waals surface area contributed by atoms with Gasteiger partial charge in [0.2, 0.25) is 11.6 Å². The zero-order valence-corrected chi connectivity index (χ0v) is 14.7. The van der Waals surface area contributed by atoms with Crippen LogP contribution in [0.5, 0.6) is 0 Å². The predicted molar refractivity (Wildman–Crippen MR) is 94.1 cm³/mol. The second kappa shape index (κ2) is 6.67. The molecule has 25 heavy (non-hydrogen) atoms. The van der Waals surface area contributed by atoms with E-state index in [0.29, 0.717) is 29.1 Å². The van der Waals surface area contributed by atoms with Gasteiger partial charge in [-0.25, -0.2) is 4.79 Å². The van der Waals surface area contributed by atoms with Gasteiger partial charge in [0.1, 0.15) is 0 Å². The Bertz CT molecular complexity index is 876. The van der Waals surface area contributed by atoms with E-state index in [4.69, 9.17) is 4.74 Å². The quantitative estimate of drug-likeness (QED) is 0.613. The fraction of sp³-hybridized carbons (Fsp3) is 0.350. The van der Waals surface area contributed by atoms with Crippen molar-refractivity contribution in [1.82, 2.24) is 4.57 Å². The number of carbonyl (C=O) groups is 3. The van der Waals surface area contributed by atoms with Crippen LogP contribution in [0.25, 0.3) is 11.3 Å². The molecule has 0 spiro atoms. The molecular formula is C20H21NO4. The van der Waals surface area contributed by atoms with Crippen molar-refractivity contribution < 1.29 is 19.1 Å². The summed E-state index contributed by atoms with van der Waals surface area (Å²) in [6.07, 6.45) is 1.89. The Kier molecular flexibility index (Phi) is 4.57. The highest BCUT2D eigenvalue weighted by Gasteiger charge is 2.39. The smallest absolute Gasteiger partial charge is 0.340 e. The minimum atomic E-state index is -0.630. The topological polar surface area (TPSA) is 65.4 Å². The molecule has 1 heterocycles. The molecule has 1 aliphatic rings. The fourth-order valence-corrected chi connectivity index (χ4v) is 3.41. The van der Waals surface area contributed by atoms with Crippen LogP contribution in [0.1, 0.15) is 63.5 Å². The molecule has 5 nitrogen and oxygen atoms in total. The number of ketones is 2. The first-order valence-corrected chi connectivity index (χ1v) is 8.61. The van der Waals surface area contributed by atoms with Gasteiger partial charge >= 0.3 is 5.97 Å². The number of Topliss-reactive ketones (excluding diaryl/α,β-unsaturated/α-hetero) is 2. The van der Waals surface area contributed by atoms with Crippen molar-refractivity contribution in [3.8, 4) is 11.3 Å². The van der Waals surface area contributed by atoms with Crippen molar-refractivity contribution in [2.24, 2.45) is 0 Å². The van der Waals surface area contributed by atoms with E-state index in [1.165, 1.54) is 0 Å². The minimum absolute atomic E-state index is 0.191. The maximum atomic E-state index is 12.8. The van der Waals surface area contributed by atoms with E-state index in [1.54, 1.807) is 26.0 Å². The SMILES string of the molecule is CCCCn1c(C)c(C(=O)OCC)c2c1-c1ccccc1C(=O)C2=O. The van der Waals surface area contributed by atoms with Gasteiger partial charge in [-0.1, -0.05) is 37.6 Å². The fourth-order valence-electron chi connectivity index (χ4n) is 3.41. The first kappa shape index (κ1) is 17.1. The van der Waals surface area contributed by atoms with E-state index < -0.39 is 17.5 Å². The van der Waals surface area contributed by atoms with Crippen LogP contribution in [0.15, 0.2) is 24.3 Å². The third kappa shape index (κ3) is 2.60. The molecule has 0 atom stereocenters. The number of hydrogen-bond donors (Lipinski definition) is 0. The highest BCUT2D eigenvalue weighted by molar-refractivity contribution is 6.53. The molecule has 0 unspecified atom stereocenters. The molecule has 0 radical (unpaired) electrons. The third-order valence-corrected chi connectivity index (χ3v) is 4.60. The summed E-state index contributed by atoms with van der Waals surface area (Å²) < 4.78 is 7.13. The standard InChI is InChI=1S/C20H21NO4/c1-4-6-11-21-12(3)15(20(24)25-5-2)16-17(21)13-9-7-8-10-14(13)18(22)19(16)23/h7-10H,4-6,11H2,1-3H3. The number of unbranched alkanes of at least 4 members (excludes halogenated alkanes) is 1. The lowest BCUT2D eigenvalue weighted by atomic mass is 9.86. The van der Waals surface area contributed by atoms with Crippen LogP contribution in [0.4, 0.5) is 0 Å². The number of fused-ring (bicyclic) bond motifs is 3. The third-order valence-electron chi connectivity index (χ3n) is 4.60. The number of benzene rings is 1. The Morgan fingerprint density at radius 2 is 1.76 bits per heavy atom. The molecule has 0 saturated carbocycles. The number of nitrogens with zero attached hydrogens (tertiary/aromatic N) is 1. The van der Waals surface area contributed by atoms with E-state index in [1.807, 2.05) is 16.7 Å². The lowest BCUT2D eigenvalue weighted by Gasteiger charge is -2.18. The molecule has 130 valence electrons. The normalized spacial score (nSPS) is 12.8. The van der Waals surface area contributed by atoms with Crippen molar-refractivity contribution in [3.05, 3.63) is 46.6 Å². The Morgan fingerprint density at radius 1 is 1.08 bits per heavy atom. The molecule has 0 bridgehead atoms. The molecule has 0 aliphatic heterocycles. The molecule has 1 aromatic heterocycles. The van der Waals surface area contributed by atoms with Crippen LogP contribution in [-0.4, -0.2) is 28.7 Å². The number of carbonyl (C=O) groups excluding carboxylic acids is 3. The first-order chi connectivity index (χ1) is 12.0. The van der Waals surface area contributed by atoms with Gasteiger partial charge in [-0.2, -0.15) is 0 Å². The first-order valence-electron chi connectivity index (χ1n) is 8.61. The summed E-state index contributed by atoms with van der Waals surface area (Å²) in [4.78, 5) is 37.8. The van der Waals surface area contributed by atoms with Gasteiger partial charge in [-0.3, -0.25) is 9.59 Å². The van der Waals surface area contributed by atoms with Crippen LogP contribution in [0.2, 0.25) is 0 Å². The van der Waals surface area contributed by atoms with Gasteiger partial charge in [0, 0.05) is 23.4 Å². The second-order valence-corrected chi connectivity index (χ2v) is 6.11. The van der Waals surface area contributed by atoms with Gasteiger partial charge in [-0.05, 0) is 20.3 Å². The largest absolute Gasteiger partial charge is 0.462 e. The molecule has 1 aliphatic carbocycles. The zero-order chi connectivity index (χ0) is 18.1. The maximum absolute atomic E-state index is 12.8. The summed E-state index contributed by atoms with van der Waals surface area (Å²) in [6.45, 7) is 6.50. The van der Waals surface area contributed by atoms with Crippen LogP contribution in [0.3, 0.4) is 0 Å². The van der Waals surface area contributed by atoms with Crippen molar-refractivity contribution in [2.45, 2.75) is 40.2 Å². The van der Waals surface area contributed by atoms with Crippen molar-refractivity contribution >= 4 is 17.5 Å². The summed E-state index contributed by atoms with van der Waals surface area (Å²) in [5, 5.41) is 0. The predicted octanol–water partition coefficient (Wildman–Crippen LogP) is 3.82. The van der Waals surface area contributed by atoms with Crippen molar-refractivity contribution in [3.63, 3.8) is 0 Å². The summed E-state index contributed by atoms with van der Waals surface area (Å²) in [5.41, 5.74) is 2.85. The second-order valence-electron chi connectivity index (χ2n) is 6.11. The number of esters is 1. The molecule has 0 N–H and O–H groups in total. The van der Waals surface area contributed by atoms with E-state index in [9.17, 15) is 14.4 Å². The van der Waals surface area contributed by atoms with Crippen LogP contribution < -0.4 is 0 Å². The van der Waals surface area contributed by atoms with Gasteiger partial charge < -0.3 is 9.30 Å². The summed E-state index contributed by atoms with van der Waals surface area (Å²) >= 11 is 0. The Morgan fingerprint density at radius 3 is 2.40 bits per heavy atom. The van der Waals surface area contributed by atoms with Crippen molar-refractivity contribution in [2.75, 3.05) is 6.61 Å². The zero-order valence-electron chi connectivity index (χ0n) is 14.7. The Balaban J connectivity index is 2.34. The van der Waals surface area contributed by atoms with Crippen LogP contribution in [-0.2, 0) is 11.3 Å². The highest BCUT2D eigenvalue weighted by atomic mass is 16.5. The minimum Gasteiger partial charge on any atom is -0.462 e. The number of hydrogen-bond acceptors (Lipinski definition) is 4. The van der Waals surface area contributed by atoms with Crippen molar-refractivity contribution in [1.29, 1.82) is 0 Å². The average molecular weight is 339 g/mol. The molecular weight excluding hydrogens is 318 g/mol. The molecule has 5 heteroatoms. The molecule has 1 aromatic carbocycles. The molecule has 0 fully saturated rings. The lowest BCUT2D eigenvalue weighted by Crippen LogP contribution is -2.23. The van der Waals surface area contributed by atoms with E-state index in [-0.39, 0.29) is 17.7 Å². The summed E-state index contributed by atoms with van der Waals surface area (Å²) in [6, 6.07) is 7.07. The van der Waals surface area contributed by atoms with Gasteiger partial charge in [0.25, 0.3) is 0 Å². The van der Waals surface area contributed by atoms with E-state index in [0.717, 1.165) is 12.8 Å². The van der Waals surface area contributed by atoms with E-state index in [2.05, 4.69) is 6.92 Å². The Labute approximate surface area is 146 Å². The van der Waals surface area contributed by atoms with E-state index >= 15 is 0 Å². The summed E-state index contributed by atoms with van der Waals surface area (Å²) in [7, 11) is 0. The maximum Gasteiger partial charge on any atom is 0.340 e. The van der Waals surface area contributed by atoms with Crippen LogP contribution in [0, 0.1) is 6.92 Å². The van der Waals surface area contributed by atoms with Gasteiger partial charge in [0.15, 0.2) is 0 Å². The average Bonchev–Trinajstić information content (AvgIpc) is 2.90. The lowest BCUT2D eigenvalue weighted by molar-refractivity contribution is 0.0522. The highest BCUT2D eigenvalue weighted by Crippen LogP contribution is 2.39. The molecule has 0 saturated heterocycles. The van der Waals surface area contributed by atoms with Gasteiger partial charge in [0.05, 0.1) is 23.4 Å². The molecule has 0 amide bonds. The summed E-state index contributed by atoms with van der Waals surface area (Å²) in [5.74, 6) is -1.75.